The second-order valence-corrected chi connectivity index (χ2v) is 9.90. The van der Waals surface area contributed by atoms with Crippen molar-refractivity contribution in [3.05, 3.63) is 0 Å². The third-order valence-electron chi connectivity index (χ3n) is 5.43. The Morgan fingerprint density at radius 2 is 1.12 bits per heavy atom. The van der Waals surface area contributed by atoms with Crippen LogP contribution < -0.4 is 0 Å². The molecule has 0 aromatic rings. The summed E-state index contributed by atoms with van der Waals surface area (Å²) in [7, 11) is -2.76. The molecule has 24 heavy (non-hydrogen) atoms. The molecule has 144 valence electrons. The van der Waals surface area contributed by atoms with E-state index in [4.69, 9.17) is 0 Å². The molecule has 0 radical (unpaired) electrons. The highest BCUT2D eigenvalue weighted by Crippen LogP contribution is 2.20. The van der Waals surface area contributed by atoms with Crippen molar-refractivity contribution in [2.75, 3.05) is 24.6 Å². The zero-order valence-electron chi connectivity index (χ0n) is 16.3. The van der Waals surface area contributed by atoms with Crippen LogP contribution in [-0.4, -0.2) is 44.0 Å². The van der Waals surface area contributed by atoms with Crippen LogP contribution in [0.5, 0.6) is 0 Å². The molecule has 0 aromatic heterocycles. The Hall–Kier alpha value is -0.0900. The van der Waals surface area contributed by atoms with Crippen molar-refractivity contribution < 1.29 is 8.42 Å². The van der Waals surface area contributed by atoms with Crippen molar-refractivity contribution in [1.29, 1.82) is 0 Å². The van der Waals surface area contributed by atoms with Gasteiger partial charge in [-0.05, 0) is 12.8 Å². The molecular formula is C20H41NO2S. The van der Waals surface area contributed by atoms with E-state index in [9.17, 15) is 8.42 Å². The SMILES string of the molecule is CCCCCCCCC(CCCCCCC)N1CCS(=O)(=O)CC1. The number of unbranched alkanes of at least 4 members (excludes halogenated alkanes) is 9. The van der Waals surface area contributed by atoms with Crippen LogP contribution in [0.15, 0.2) is 0 Å². The van der Waals surface area contributed by atoms with E-state index in [1.165, 1.54) is 83.5 Å². The predicted molar refractivity (Wildman–Crippen MR) is 105 cm³/mol. The summed E-state index contributed by atoms with van der Waals surface area (Å²) in [4.78, 5) is 2.48. The number of hydrogen-bond acceptors (Lipinski definition) is 3. The lowest BCUT2D eigenvalue weighted by atomic mass is 9.99. The van der Waals surface area contributed by atoms with E-state index in [1.54, 1.807) is 0 Å². The molecule has 4 heteroatoms. The van der Waals surface area contributed by atoms with Gasteiger partial charge in [0, 0.05) is 19.1 Å². The fourth-order valence-electron chi connectivity index (χ4n) is 3.74. The molecule has 0 aromatic carbocycles. The second-order valence-electron chi connectivity index (χ2n) is 7.60. The quantitative estimate of drug-likeness (QED) is 0.400. The molecule has 1 aliphatic rings. The molecular weight excluding hydrogens is 318 g/mol. The first-order valence-electron chi connectivity index (χ1n) is 10.5. The third kappa shape index (κ3) is 10.0. The Morgan fingerprint density at radius 1 is 0.708 bits per heavy atom. The topological polar surface area (TPSA) is 37.4 Å². The maximum atomic E-state index is 11.7. The normalized spacial score (nSPS) is 19.4. The van der Waals surface area contributed by atoms with Crippen LogP contribution in [0.25, 0.3) is 0 Å². The molecule has 1 heterocycles. The molecule has 0 saturated carbocycles. The van der Waals surface area contributed by atoms with Crippen LogP contribution in [0.1, 0.15) is 97.3 Å². The van der Waals surface area contributed by atoms with Gasteiger partial charge in [-0.2, -0.15) is 0 Å². The van der Waals surface area contributed by atoms with E-state index in [0.717, 1.165) is 13.1 Å². The van der Waals surface area contributed by atoms with Gasteiger partial charge < -0.3 is 0 Å². The molecule has 3 nitrogen and oxygen atoms in total. The first kappa shape index (κ1) is 22.0. The van der Waals surface area contributed by atoms with Gasteiger partial charge in [0.15, 0.2) is 9.84 Å². The fraction of sp³-hybridized carbons (Fsp3) is 1.00. The number of rotatable bonds is 14. The lowest BCUT2D eigenvalue weighted by Gasteiger charge is -2.34. The minimum Gasteiger partial charge on any atom is -0.298 e. The standard InChI is InChI=1S/C20H41NO2S/c1-3-5-7-9-11-13-15-20(14-12-10-8-6-4-2)21-16-18-24(22,23)19-17-21/h20H,3-19H2,1-2H3. The van der Waals surface area contributed by atoms with E-state index in [0.29, 0.717) is 17.5 Å². The summed E-state index contributed by atoms with van der Waals surface area (Å²) in [5.41, 5.74) is 0. The monoisotopic (exact) mass is 359 g/mol. The first-order chi connectivity index (χ1) is 11.6. The molecule has 0 N–H and O–H groups in total. The summed E-state index contributed by atoms with van der Waals surface area (Å²) in [6.45, 7) is 6.05. The maximum Gasteiger partial charge on any atom is 0.152 e. The molecule has 1 aliphatic heterocycles. The maximum absolute atomic E-state index is 11.7. The van der Waals surface area contributed by atoms with Gasteiger partial charge in [0.25, 0.3) is 0 Å². The molecule has 1 rings (SSSR count). The van der Waals surface area contributed by atoms with Crippen molar-refractivity contribution in [2.24, 2.45) is 0 Å². The van der Waals surface area contributed by atoms with E-state index in [1.807, 2.05) is 0 Å². The minimum absolute atomic E-state index is 0.371. The van der Waals surface area contributed by atoms with Crippen molar-refractivity contribution in [3.63, 3.8) is 0 Å². The second kappa shape index (κ2) is 13.2. The van der Waals surface area contributed by atoms with E-state index in [-0.39, 0.29) is 0 Å². The van der Waals surface area contributed by atoms with Crippen LogP contribution in [-0.2, 0) is 9.84 Å². The van der Waals surface area contributed by atoms with Gasteiger partial charge in [-0.15, -0.1) is 0 Å². The van der Waals surface area contributed by atoms with Gasteiger partial charge in [-0.3, -0.25) is 4.90 Å². The Balaban J connectivity index is 2.32. The average Bonchev–Trinajstić information content (AvgIpc) is 2.56. The molecule has 0 spiro atoms. The van der Waals surface area contributed by atoms with Crippen LogP contribution in [0.2, 0.25) is 0 Å². The fourth-order valence-corrected chi connectivity index (χ4v) is 4.97. The highest BCUT2D eigenvalue weighted by Gasteiger charge is 2.26. The highest BCUT2D eigenvalue weighted by molar-refractivity contribution is 7.91. The number of nitrogens with zero attached hydrogens (tertiary/aromatic N) is 1. The Kier molecular flexibility index (Phi) is 12.0. The zero-order chi connectivity index (χ0) is 17.7. The largest absolute Gasteiger partial charge is 0.298 e. The smallest absolute Gasteiger partial charge is 0.152 e. The van der Waals surface area contributed by atoms with Crippen LogP contribution in [0.3, 0.4) is 0 Å². The summed E-state index contributed by atoms with van der Waals surface area (Å²) >= 11 is 0. The zero-order valence-corrected chi connectivity index (χ0v) is 17.1. The minimum atomic E-state index is -2.76. The van der Waals surface area contributed by atoms with E-state index in [2.05, 4.69) is 18.7 Å². The molecule has 1 fully saturated rings. The van der Waals surface area contributed by atoms with Gasteiger partial charge >= 0.3 is 0 Å². The van der Waals surface area contributed by atoms with Crippen molar-refractivity contribution in [1.82, 2.24) is 4.90 Å². The summed E-state index contributed by atoms with van der Waals surface area (Å²) in [5.74, 6) is 0.742. The lowest BCUT2D eigenvalue weighted by molar-refractivity contribution is 0.184. The molecule has 1 unspecified atom stereocenters. The first-order valence-corrected chi connectivity index (χ1v) is 12.4. The van der Waals surface area contributed by atoms with Gasteiger partial charge in [0.1, 0.15) is 0 Å². The Morgan fingerprint density at radius 3 is 1.58 bits per heavy atom. The predicted octanol–water partition coefficient (Wildman–Crippen LogP) is 5.20. The lowest BCUT2D eigenvalue weighted by Crippen LogP contribution is -2.46. The molecule has 0 amide bonds. The summed E-state index contributed by atoms with van der Waals surface area (Å²) in [6.07, 6.45) is 17.3. The van der Waals surface area contributed by atoms with E-state index < -0.39 is 9.84 Å². The van der Waals surface area contributed by atoms with Crippen LogP contribution in [0.4, 0.5) is 0 Å². The van der Waals surface area contributed by atoms with Gasteiger partial charge in [-0.1, -0.05) is 84.5 Å². The van der Waals surface area contributed by atoms with Crippen molar-refractivity contribution >= 4 is 9.84 Å². The molecule has 0 bridgehead atoms. The summed E-state index contributed by atoms with van der Waals surface area (Å²) in [6, 6.07) is 0.619. The van der Waals surface area contributed by atoms with Gasteiger partial charge in [0.05, 0.1) is 11.5 Å². The summed E-state index contributed by atoms with van der Waals surface area (Å²) in [5, 5.41) is 0. The average molecular weight is 360 g/mol. The van der Waals surface area contributed by atoms with Gasteiger partial charge in [0.2, 0.25) is 0 Å². The number of hydrogen-bond donors (Lipinski definition) is 0. The van der Waals surface area contributed by atoms with Gasteiger partial charge in [-0.25, -0.2) is 8.42 Å². The van der Waals surface area contributed by atoms with Crippen LogP contribution in [0, 0.1) is 0 Å². The number of sulfone groups is 1. The Bertz CT molecular complexity index is 380. The molecule has 1 saturated heterocycles. The van der Waals surface area contributed by atoms with Crippen LogP contribution >= 0.6 is 0 Å². The molecule has 1 atom stereocenters. The third-order valence-corrected chi connectivity index (χ3v) is 7.04. The summed E-state index contributed by atoms with van der Waals surface area (Å²) < 4.78 is 23.4. The molecule has 0 aliphatic carbocycles. The van der Waals surface area contributed by atoms with E-state index >= 15 is 0 Å². The van der Waals surface area contributed by atoms with Crippen molar-refractivity contribution in [2.45, 2.75) is 103 Å². The highest BCUT2D eigenvalue weighted by atomic mass is 32.2. The van der Waals surface area contributed by atoms with Crippen molar-refractivity contribution in [3.8, 4) is 0 Å². The Labute approximate surface area is 151 Å².